The van der Waals surface area contributed by atoms with Crippen LogP contribution in [-0.2, 0) is 0 Å². The first kappa shape index (κ1) is 16.5. The summed E-state index contributed by atoms with van der Waals surface area (Å²) in [6.45, 7) is 5.94. The zero-order valence-corrected chi connectivity index (χ0v) is 14.8. The predicted molar refractivity (Wildman–Crippen MR) is 93.0 cm³/mol. The molecule has 2 aromatic rings. The summed E-state index contributed by atoms with van der Waals surface area (Å²) in [5, 5.41) is 0.828. The molecule has 0 bridgehead atoms. The first-order valence-corrected chi connectivity index (χ1v) is 7.61. The van der Waals surface area contributed by atoms with Crippen LogP contribution in [0, 0.1) is 20.8 Å². The molecular formula is C18H21O3P. The maximum atomic E-state index is 13.1. The summed E-state index contributed by atoms with van der Waals surface area (Å²) in [5.41, 5.74) is 4.23. The van der Waals surface area contributed by atoms with E-state index in [4.69, 9.17) is 9.47 Å². The fourth-order valence-electron chi connectivity index (χ4n) is 2.85. The molecule has 0 aliphatic heterocycles. The largest absolute Gasteiger partial charge is 0.496 e. The van der Waals surface area contributed by atoms with E-state index in [0.717, 1.165) is 22.0 Å². The standard InChI is InChI=1S/C18H21O3P/c1-10-8-11(2)15(12(3)9-10)17(19)16-13(20-4)6-7-14(22)18(16)21-5/h6-9H,22H2,1-5H3. The van der Waals surface area contributed by atoms with Gasteiger partial charge < -0.3 is 9.47 Å². The maximum absolute atomic E-state index is 13.1. The lowest BCUT2D eigenvalue weighted by molar-refractivity contribution is 0.103. The van der Waals surface area contributed by atoms with Crippen LogP contribution in [0.15, 0.2) is 24.3 Å². The van der Waals surface area contributed by atoms with Gasteiger partial charge in [0, 0.05) is 10.9 Å². The predicted octanol–water partition coefficient (Wildman–Crippen LogP) is 3.36. The van der Waals surface area contributed by atoms with Crippen molar-refractivity contribution in [1.29, 1.82) is 0 Å². The SMILES string of the molecule is COc1ccc(P)c(OC)c1C(=O)c1c(C)cc(C)cc1C. The first-order chi connectivity index (χ1) is 10.4. The lowest BCUT2D eigenvalue weighted by Gasteiger charge is -2.17. The second kappa shape index (κ2) is 6.50. The Hall–Kier alpha value is -1.86. The molecule has 116 valence electrons. The average Bonchev–Trinajstić information content (AvgIpc) is 2.45. The highest BCUT2D eigenvalue weighted by Gasteiger charge is 2.24. The molecule has 0 aliphatic rings. The normalized spacial score (nSPS) is 10.5. The second-order valence-corrected chi connectivity index (χ2v) is 5.99. The molecule has 1 unspecified atom stereocenters. The van der Waals surface area contributed by atoms with Crippen molar-refractivity contribution in [3.8, 4) is 11.5 Å². The topological polar surface area (TPSA) is 35.5 Å². The molecule has 1 atom stereocenters. The average molecular weight is 316 g/mol. The summed E-state index contributed by atoms with van der Waals surface area (Å²) < 4.78 is 10.8. The van der Waals surface area contributed by atoms with Crippen molar-refractivity contribution in [2.75, 3.05) is 14.2 Å². The number of carbonyl (C=O) groups excluding carboxylic acids is 1. The van der Waals surface area contributed by atoms with Crippen molar-refractivity contribution >= 4 is 20.3 Å². The molecule has 2 rings (SSSR count). The van der Waals surface area contributed by atoms with Crippen LogP contribution in [0.2, 0.25) is 0 Å². The Morgan fingerprint density at radius 2 is 1.55 bits per heavy atom. The number of benzene rings is 2. The Bertz CT molecular complexity index is 712. The number of rotatable bonds is 4. The van der Waals surface area contributed by atoms with Crippen LogP contribution in [-0.4, -0.2) is 20.0 Å². The van der Waals surface area contributed by atoms with Crippen molar-refractivity contribution in [1.82, 2.24) is 0 Å². The minimum absolute atomic E-state index is 0.0759. The monoisotopic (exact) mass is 316 g/mol. The molecule has 0 saturated heterocycles. The summed E-state index contributed by atoms with van der Waals surface area (Å²) in [4.78, 5) is 13.1. The van der Waals surface area contributed by atoms with Gasteiger partial charge in [0.15, 0.2) is 0 Å². The van der Waals surface area contributed by atoms with Gasteiger partial charge in [-0.3, -0.25) is 4.79 Å². The Morgan fingerprint density at radius 3 is 2.05 bits per heavy atom. The summed E-state index contributed by atoms with van der Waals surface area (Å²) in [6.07, 6.45) is 0. The highest BCUT2D eigenvalue weighted by Crippen LogP contribution is 2.32. The Balaban J connectivity index is 2.72. The highest BCUT2D eigenvalue weighted by molar-refractivity contribution is 7.27. The highest BCUT2D eigenvalue weighted by atomic mass is 31.0. The molecule has 0 amide bonds. The molecule has 0 spiro atoms. The van der Waals surface area contributed by atoms with Gasteiger partial charge in [0.1, 0.15) is 17.1 Å². The van der Waals surface area contributed by atoms with Gasteiger partial charge >= 0.3 is 0 Å². The number of methoxy groups -OCH3 is 2. The minimum atomic E-state index is -0.0759. The zero-order valence-electron chi connectivity index (χ0n) is 13.6. The lowest BCUT2D eigenvalue weighted by atomic mass is 9.92. The molecule has 0 N–H and O–H groups in total. The van der Waals surface area contributed by atoms with Crippen LogP contribution < -0.4 is 14.8 Å². The van der Waals surface area contributed by atoms with Gasteiger partial charge in [-0.2, -0.15) is 0 Å². The second-order valence-electron chi connectivity index (χ2n) is 5.37. The zero-order chi connectivity index (χ0) is 16.4. The van der Waals surface area contributed by atoms with Gasteiger partial charge in [-0.05, 0) is 44.0 Å². The minimum Gasteiger partial charge on any atom is -0.496 e. The van der Waals surface area contributed by atoms with E-state index in [-0.39, 0.29) is 5.78 Å². The van der Waals surface area contributed by atoms with Gasteiger partial charge in [-0.1, -0.05) is 17.7 Å². The van der Waals surface area contributed by atoms with E-state index >= 15 is 0 Å². The van der Waals surface area contributed by atoms with Crippen molar-refractivity contribution in [3.63, 3.8) is 0 Å². The quantitative estimate of drug-likeness (QED) is 0.641. The van der Waals surface area contributed by atoms with Crippen LogP contribution in [0.25, 0.3) is 0 Å². The van der Waals surface area contributed by atoms with Gasteiger partial charge in [0.2, 0.25) is 5.78 Å². The van der Waals surface area contributed by atoms with Gasteiger partial charge in [-0.15, -0.1) is 9.24 Å². The number of carbonyl (C=O) groups is 1. The fourth-order valence-corrected chi connectivity index (χ4v) is 3.21. The molecule has 0 radical (unpaired) electrons. The third-order valence-electron chi connectivity index (χ3n) is 3.71. The van der Waals surface area contributed by atoms with Crippen LogP contribution in [0.5, 0.6) is 11.5 Å². The van der Waals surface area contributed by atoms with Gasteiger partial charge in [0.05, 0.1) is 14.2 Å². The Labute approximate surface area is 133 Å². The summed E-state index contributed by atoms with van der Waals surface area (Å²) in [7, 11) is 5.71. The van der Waals surface area contributed by atoms with E-state index in [0.29, 0.717) is 22.6 Å². The fraction of sp³-hybridized carbons (Fsp3) is 0.278. The van der Waals surface area contributed by atoms with E-state index in [9.17, 15) is 4.79 Å². The third kappa shape index (κ3) is 2.86. The molecule has 0 heterocycles. The van der Waals surface area contributed by atoms with Crippen molar-refractivity contribution in [3.05, 3.63) is 52.1 Å². The smallest absolute Gasteiger partial charge is 0.201 e. The molecule has 0 aromatic heterocycles. The van der Waals surface area contributed by atoms with E-state index in [1.807, 2.05) is 39.0 Å². The molecular weight excluding hydrogens is 295 g/mol. The molecule has 0 aliphatic carbocycles. The Morgan fingerprint density at radius 1 is 0.955 bits per heavy atom. The van der Waals surface area contributed by atoms with Crippen molar-refractivity contribution < 1.29 is 14.3 Å². The van der Waals surface area contributed by atoms with Crippen LogP contribution in [0.4, 0.5) is 0 Å². The van der Waals surface area contributed by atoms with Crippen molar-refractivity contribution in [2.45, 2.75) is 20.8 Å². The number of ketones is 1. The molecule has 2 aromatic carbocycles. The third-order valence-corrected chi connectivity index (χ3v) is 4.16. The number of ether oxygens (including phenoxy) is 2. The van der Waals surface area contributed by atoms with E-state index in [1.165, 1.54) is 0 Å². The Kier molecular flexibility index (Phi) is 4.87. The van der Waals surface area contributed by atoms with Crippen LogP contribution in [0.1, 0.15) is 32.6 Å². The van der Waals surface area contributed by atoms with E-state index in [2.05, 4.69) is 9.24 Å². The molecule has 3 nitrogen and oxygen atoms in total. The maximum Gasteiger partial charge on any atom is 0.201 e. The number of hydrogen-bond donors (Lipinski definition) is 0. The summed E-state index contributed by atoms with van der Waals surface area (Å²) in [6, 6.07) is 7.68. The van der Waals surface area contributed by atoms with E-state index in [1.54, 1.807) is 20.3 Å². The molecule has 22 heavy (non-hydrogen) atoms. The van der Waals surface area contributed by atoms with Gasteiger partial charge in [0.25, 0.3) is 0 Å². The van der Waals surface area contributed by atoms with Crippen LogP contribution >= 0.6 is 9.24 Å². The molecule has 4 heteroatoms. The summed E-state index contributed by atoms with van der Waals surface area (Å²) in [5.74, 6) is 0.981. The van der Waals surface area contributed by atoms with Crippen molar-refractivity contribution in [2.24, 2.45) is 0 Å². The summed E-state index contributed by atoms with van der Waals surface area (Å²) >= 11 is 0. The molecule has 0 saturated carbocycles. The van der Waals surface area contributed by atoms with Gasteiger partial charge in [-0.25, -0.2) is 0 Å². The molecule has 0 fully saturated rings. The first-order valence-electron chi connectivity index (χ1n) is 7.03. The number of aryl methyl sites for hydroxylation is 3. The lowest BCUT2D eigenvalue weighted by Crippen LogP contribution is -2.13. The van der Waals surface area contributed by atoms with Crippen LogP contribution in [0.3, 0.4) is 0 Å². The number of hydrogen-bond acceptors (Lipinski definition) is 3. The van der Waals surface area contributed by atoms with E-state index < -0.39 is 0 Å².